The number of thiocarbonyl (C=S) groups is 1. The number of likely N-dealkylation sites (N-methyl/N-ethyl adjacent to an activating group) is 4. The molecule has 6 nitrogen and oxygen atoms in total. The normalized spacial score (nSPS) is 22.1. The Kier molecular flexibility index (Phi) is 9.88. The van der Waals surface area contributed by atoms with Crippen molar-refractivity contribution in [2.75, 3.05) is 36.0 Å². The van der Waals surface area contributed by atoms with E-state index in [1.807, 2.05) is 13.8 Å². The molecule has 8 rings (SSSR count). The number of hydrogen-bond acceptors (Lipinski definition) is 5. The van der Waals surface area contributed by atoms with Gasteiger partial charge in [0.15, 0.2) is 5.11 Å². The van der Waals surface area contributed by atoms with Crippen LogP contribution in [-0.4, -0.2) is 52.9 Å². The van der Waals surface area contributed by atoms with Crippen LogP contribution in [-0.2, 0) is 20.4 Å². The van der Waals surface area contributed by atoms with Crippen molar-refractivity contribution in [2.24, 2.45) is 0 Å². The molecule has 0 atom stereocenters. The van der Waals surface area contributed by atoms with E-state index in [2.05, 4.69) is 148 Å². The summed E-state index contributed by atoms with van der Waals surface area (Å²) in [5.74, 6) is -0.617. The van der Waals surface area contributed by atoms with Gasteiger partial charge in [0.2, 0.25) is 0 Å². The SMILES string of the molecule is CCN1C(=O)C(=C2/C(=C/C=C3\N(CC)c4ccc5ccccc5c4C3(C)C)CCC/C2=C\C=C2\N(CC)c3ccc4ccccc4c3C2(C)C)C(=O)N(CC)C1=S. The Morgan fingerprint density at radius 2 is 0.947 bits per heavy atom. The average Bonchev–Trinajstić information content (AvgIpc) is 3.57. The Morgan fingerprint density at radius 3 is 1.35 bits per heavy atom. The van der Waals surface area contributed by atoms with Gasteiger partial charge < -0.3 is 9.80 Å². The van der Waals surface area contributed by atoms with Crippen molar-refractivity contribution >= 4 is 62.1 Å². The smallest absolute Gasteiger partial charge is 0.266 e. The molecule has 0 aromatic heterocycles. The zero-order chi connectivity index (χ0) is 40.4. The van der Waals surface area contributed by atoms with Gasteiger partial charge in [-0.25, -0.2) is 0 Å². The third-order valence-electron chi connectivity index (χ3n) is 12.8. The van der Waals surface area contributed by atoms with E-state index in [0.29, 0.717) is 13.1 Å². The van der Waals surface area contributed by atoms with Gasteiger partial charge in [-0.3, -0.25) is 19.4 Å². The number of benzene rings is 4. The lowest BCUT2D eigenvalue weighted by molar-refractivity contribution is -0.133. The third-order valence-corrected chi connectivity index (χ3v) is 13.3. The summed E-state index contributed by atoms with van der Waals surface area (Å²) >= 11 is 5.73. The monoisotopic (exact) mass is 774 g/mol. The lowest BCUT2D eigenvalue weighted by atomic mass is 9.78. The van der Waals surface area contributed by atoms with E-state index in [9.17, 15) is 9.59 Å². The molecule has 0 unspecified atom stereocenters. The second-order valence-electron chi connectivity index (χ2n) is 16.6. The molecule has 0 radical (unpaired) electrons. The fourth-order valence-corrected chi connectivity index (χ4v) is 10.6. The zero-order valence-corrected chi connectivity index (χ0v) is 35.5. The molecule has 1 saturated heterocycles. The van der Waals surface area contributed by atoms with E-state index in [1.54, 1.807) is 9.80 Å². The molecular weight excluding hydrogens is 721 g/mol. The Labute approximate surface area is 343 Å². The van der Waals surface area contributed by atoms with Crippen LogP contribution in [0.15, 0.2) is 131 Å². The van der Waals surface area contributed by atoms with Crippen LogP contribution >= 0.6 is 12.2 Å². The van der Waals surface area contributed by atoms with Crippen LogP contribution in [0, 0.1) is 0 Å². The van der Waals surface area contributed by atoms with Gasteiger partial charge in [0.1, 0.15) is 5.57 Å². The first kappa shape index (κ1) is 38.6. The van der Waals surface area contributed by atoms with E-state index in [1.165, 1.54) is 55.4 Å². The van der Waals surface area contributed by atoms with Crippen molar-refractivity contribution in [1.82, 2.24) is 9.80 Å². The first-order valence-corrected chi connectivity index (χ1v) is 21.2. The minimum atomic E-state index is -0.309. The van der Waals surface area contributed by atoms with Gasteiger partial charge in [-0.2, -0.15) is 0 Å². The standard InChI is InChI=1S/C50H54N4O2S/c1-9-51-38-28-24-32-18-13-15-22-36(32)44(38)49(5,6)40(51)30-26-34-20-17-21-35(42(34)43-46(55)53(11-3)48(57)54(12-4)47(43)56)27-31-41-50(7,8)45-37-23-16-14-19-33(37)25-29-39(45)52(41)10-2/h13-16,18-19,22-31H,9-12,17,20-21H2,1-8H3/b34-26+,35-27+,40-30-,41-31+. The minimum absolute atomic E-state index is 0.223. The van der Waals surface area contributed by atoms with E-state index in [-0.39, 0.29) is 33.3 Å². The number of nitrogens with zero attached hydrogens (tertiary/aromatic N) is 4. The van der Waals surface area contributed by atoms with Gasteiger partial charge in [-0.1, -0.05) is 101 Å². The largest absolute Gasteiger partial charge is 0.344 e. The minimum Gasteiger partial charge on any atom is -0.344 e. The Morgan fingerprint density at radius 1 is 0.544 bits per heavy atom. The number of allylic oxidation sites excluding steroid dienone is 9. The van der Waals surface area contributed by atoms with Crippen molar-refractivity contribution in [1.29, 1.82) is 0 Å². The zero-order valence-electron chi connectivity index (χ0n) is 34.7. The lowest BCUT2D eigenvalue weighted by Gasteiger charge is -2.37. The average molecular weight is 775 g/mol. The van der Waals surface area contributed by atoms with Crippen molar-refractivity contribution in [3.05, 3.63) is 142 Å². The number of hydrogen-bond donors (Lipinski definition) is 0. The fraction of sp³-hybridized carbons (Fsp3) is 0.340. The third kappa shape index (κ3) is 5.91. The maximum atomic E-state index is 14.5. The molecule has 4 aromatic carbocycles. The van der Waals surface area contributed by atoms with Gasteiger partial charge in [0.25, 0.3) is 11.8 Å². The van der Waals surface area contributed by atoms with E-state index in [0.717, 1.165) is 49.1 Å². The molecule has 0 N–H and O–H groups in total. The van der Waals surface area contributed by atoms with Crippen LogP contribution in [0.25, 0.3) is 21.5 Å². The van der Waals surface area contributed by atoms with Crippen LogP contribution in [0.3, 0.4) is 0 Å². The molecule has 292 valence electrons. The van der Waals surface area contributed by atoms with Crippen LogP contribution < -0.4 is 9.80 Å². The summed E-state index contributed by atoms with van der Waals surface area (Å²) in [7, 11) is 0. The van der Waals surface area contributed by atoms with E-state index in [4.69, 9.17) is 12.2 Å². The molecule has 1 saturated carbocycles. The quantitative estimate of drug-likeness (QED) is 0.111. The molecule has 4 aromatic rings. The summed E-state index contributed by atoms with van der Waals surface area (Å²) in [5, 5.41) is 5.29. The summed E-state index contributed by atoms with van der Waals surface area (Å²) in [4.78, 5) is 37.1. The molecule has 4 aliphatic rings. The summed E-state index contributed by atoms with van der Waals surface area (Å²) in [5.41, 5.74) is 9.99. The van der Waals surface area contributed by atoms with Gasteiger partial charge in [-0.05, 0) is 133 Å². The molecule has 1 aliphatic carbocycles. The van der Waals surface area contributed by atoms with Crippen LogP contribution in [0.2, 0.25) is 0 Å². The highest BCUT2D eigenvalue weighted by atomic mass is 32.1. The van der Waals surface area contributed by atoms with Crippen LogP contribution in [0.1, 0.15) is 85.8 Å². The van der Waals surface area contributed by atoms with E-state index >= 15 is 0 Å². The lowest BCUT2D eigenvalue weighted by Crippen LogP contribution is -2.56. The summed E-state index contributed by atoms with van der Waals surface area (Å²) in [6, 6.07) is 26.2. The summed E-state index contributed by atoms with van der Waals surface area (Å²) in [6.45, 7) is 19.9. The van der Waals surface area contributed by atoms with Crippen molar-refractivity contribution < 1.29 is 9.59 Å². The molecule has 3 aliphatic heterocycles. The number of amides is 2. The number of anilines is 2. The van der Waals surface area contributed by atoms with Gasteiger partial charge in [0, 0.05) is 59.8 Å². The van der Waals surface area contributed by atoms with Crippen LogP contribution in [0.4, 0.5) is 11.4 Å². The highest BCUT2D eigenvalue weighted by Gasteiger charge is 2.44. The number of carbonyl (C=O) groups is 2. The predicted octanol–water partition coefficient (Wildman–Crippen LogP) is 11.0. The Balaban J connectivity index is 1.31. The predicted molar refractivity (Wildman–Crippen MR) is 241 cm³/mol. The maximum absolute atomic E-state index is 14.5. The number of rotatable bonds is 6. The Hall–Kier alpha value is -5.27. The van der Waals surface area contributed by atoms with Crippen LogP contribution in [0.5, 0.6) is 0 Å². The van der Waals surface area contributed by atoms with Gasteiger partial charge >= 0.3 is 0 Å². The van der Waals surface area contributed by atoms with Crippen molar-refractivity contribution in [3.8, 4) is 0 Å². The first-order chi connectivity index (χ1) is 27.4. The van der Waals surface area contributed by atoms with Crippen molar-refractivity contribution in [3.63, 3.8) is 0 Å². The molecule has 2 amide bonds. The maximum Gasteiger partial charge on any atom is 0.266 e. The second kappa shape index (κ2) is 14.6. The molecule has 7 heteroatoms. The molecule has 0 spiro atoms. The molecule has 0 bridgehead atoms. The molecular formula is C50H54N4O2S. The second-order valence-corrected chi connectivity index (χ2v) is 16.9. The first-order valence-electron chi connectivity index (χ1n) is 20.7. The van der Waals surface area contributed by atoms with Gasteiger partial charge in [0.05, 0.1) is 0 Å². The highest BCUT2D eigenvalue weighted by molar-refractivity contribution is 7.80. The summed E-state index contributed by atoms with van der Waals surface area (Å²) in [6.07, 6.45) is 11.3. The highest BCUT2D eigenvalue weighted by Crippen LogP contribution is 2.52. The van der Waals surface area contributed by atoms with E-state index < -0.39 is 0 Å². The topological polar surface area (TPSA) is 47.1 Å². The van der Waals surface area contributed by atoms with Crippen molar-refractivity contribution in [2.45, 2.75) is 85.5 Å². The molecule has 57 heavy (non-hydrogen) atoms. The molecule has 3 heterocycles. The Bertz CT molecular complexity index is 2360. The summed E-state index contributed by atoms with van der Waals surface area (Å²) < 4.78 is 0. The van der Waals surface area contributed by atoms with Gasteiger partial charge in [-0.15, -0.1) is 0 Å². The number of carbonyl (C=O) groups excluding carboxylic acids is 2. The fourth-order valence-electron chi connectivity index (χ4n) is 10.1. The molecule has 2 fully saturated rings. The number of fused-ring (bicyclic) bond motifs is 6.